The standard InChI is InChI=1S/C21H19F3N6O5S/c1-33-14-6-4-7-15(34-2)17(14)30-19(13-5-3-8-16(28-13)35-11-21(22,23)24)29-18-20(30)27-12(9-25-18)10-26-36(31)32/h3-9,26H,10-11H2,1-2H3,(H,31,32)/p-1. The first-order chi connectivity index (χ1) is 17.2. The van der Waals surface area contributed by atoms with E-state index in [0.29, 0.717) is 17.2 Å². The van der Waals surface area contributed by atoms with Crippen molar-refractivity contribution in [2.24, 2.45) is 0 Å². The first-order valence-corrected chi connectivity index (χ1v) is 11.2. The second-order valence-electron chi connectivity index (χ2n) is 7.11. The normalized spacial score (nSPS) is 12.5. The van der Waals surface area contributed by atoms with Crippen LogP contribution in [0.25, 0.3) is 28.5 Å². The number of alkyl halides is 3. The summed E-state index contributed by atoms with van der Waals surface area (Å²) >= 11 is -2.52. The van der Waals surface area contributed by atoms with Gasteiger partial charge in [-0.05, 0) is 18.2 Å². The molecule has 0 saturated carbocycles. The molecule has 11 nitrogen and oxygen atoms in total. The maximum Gasteiger partial charge on any atom is 0.422 e. The third-order valence-electron chi connectivity index (χ3n) is 4.75. The molecule has 0 aliphatic rings. The summed E-state index contributed by atoms with van der Waals surface area (Å²) in [5.74, 6) is 0.623. The lowest BCUT2D eigenvalue weighted by atomic mass is 10.2. The lowest BCUT2D eigenvalue weighted by Crippen LogP contribution is -2.19. The zero-order valence-corrected chi connectivity index (χ0v) is 19.6. The zero-order chi connectivity index (χ0) is 25.9. The Morgan fingerprint density at radius 2 is 1.75 bits per heavy atom. The average molecular weight is 523 g/mol. The van der Waals surface area contributed by atoms with Gasteiger partial charge in [-0.1, -0.05) is 12.1 Å². The van der Waals surface area contributed by atoms with E-state index in [1.54, 1.807) is 18.2 Å². The molecule has 4 aromatic rings. The number of benzene rings is 1. The number of halogens is 3. The number of imidazole rings is 1. The van der Waals surface area contributed by atoms with Gasteiger partial charge in [-0.3, -0.25) is 8.78 Å². The molecule has 15 heteroatoms. The Bertz CT molecular complexity index is 1390. The van der Waals surface area contributed by atoms with E-state index in [0.717, 1.165) is 0 Å². The number of pyridine rings is 1. The summed E-state index contributed by atoms with van der Waals surface area (Å²) in [5.41, 5.74) is 1.17. The van der Waals surface area contributed by atoms with Gasteiger partial charge in [0.2, 0.25) is 5.88 Å². The summed E-state index contributed by atoms with van der Waals surface area (Å²) < 4.78 is 79.4. The predicted molar refractivity (Wildman–Crippen MR) is 120 cm³/mol. The summed E-state index contributed by atoms with van der Waals surface area (Å²) in [7, 11) is 2.90. The molecule has 4 rings (SSSR count). The third-order valence-corrected chi connectivity index (χ3v) is 5.13. The van der Waals surface area contributed by atoms with Gasteiger partial charge < -0.3 is 18.8 Å². The molecule has 0 saturated heterocycles. The van der Waals surface area contributed by atoms with E-state index in [1.165, 1.54) is 43.2 Å². The van der Waals surface area contributed by atoms with E-state index in [-0.39, 0.29) is 40.9 Å². The van der Waals surface area contributed by atoms with Gasteiger partial charge in [-0.25, -0.2) is 24.7 Å². The molecule has 190 valence electrons. The quantitative estimate of drug-likeness (QED) is 0.328. The molecule has 0 aliphatic carbocycles. The molecule has 3 aromatic heterocycles. The predicted octanol–water partition coefficient (Wildman–Crippen LogP) is 2.72. The maximum atomic E-state index is 12.6. The van der Waals surface area contributed by atoms with E-state index in [4.69, 9.17) is 14.2 Å². The van der Waals surface area contributed by atoms with E-state index >= 15 is 0 Å². The van der Waals surface area contributed by atoms with Gasteiger partial charge in [0.25, 0.3) is 0 Å². The van der Waals surface area contributed by atoms with Crippen LogP contribution in [0.4, 0.5) is 13.2 Å². The maximum absolute atomic E-state index is 12.6. The number of para-hydroxylation sites is 1. The molecule has 0 spiro atoms. The van der Waals surface area contributed by atoms with Crippen LogP contribution in [0, 0.1) is 0 Å². The van der Waals surface area contributed by atoms with Crippen LogP contribution in [0.2, 0.25) is 0 Å². The van der Waals surface area contributed by atoms with Crippen molar-refractivity contribution in [3.63, 3.8) is 0 Å². The van der Waals surface area contributed by atoms with Crippen molar-refractivity contribution in [3.05, 3.63) is 48.3 Å². The number of fused-ring (bicyclic) bond motifs is 1. The molecular weight excluding hydrogens is 505 g/mol. The van der Waals surface area contributed by atoms with Crippen molar-refractivity contribution >= 4 is 22.6 Å². The van der Waals surface area contributed by atoms with Gasteiger partial charge in [0.15, 0.2) is 23.7 Å². The highest BCUT2D eigenvalue weighted by molar-refractivity contribution is 7.77. The molecule has 0 fully saturated rings. The van der Waals surface area contributed by atoms with Gasteiger partial charge in [0, 0.05) is 17.3 Å². The summed E-state index contributed by atoms with van der Waals surface area (Å²) in [6.07, 6.45) is -3.19. The highest BCUT2D eigenvalue weighted by atomic mass is 32.2. The number of aromatic nitrogens is 5. The topological polar surface area (TPSA) is 136 Å². The minimum Gasteiger partial charge on any atom is -0.760 e. The number of ether oxygens (including phenoxy) is 3. The van der Waals surface area contributed by atoms with E-state index in [2.05, 4.69) is 24.7 Å². The van der Waals surface area contributed by atoms with Crippen molar-refractivity contribution in [1.29, 1.82) is 0 Å². The van der Waals surface area contributed by atoms with Crippen molar-refractivity contribution in [2.75, 3.05) is 20.8 Å². The van der Waals surface area contributed by atoms with Crippen molar-refractivity contribution in [1.82, 2.24) is 29.2 Å². The van der Waals surface area contributed by atoms with E-state index in [1.807, 2.05) is 0 Å². The smallest absolute Gasteiger partial charge is 0.422 e. The molecule has 1 aromatic carbocycles. The largest absolute Gasteiger partial charge is 0.760 e. The first kappa shape index (κ1) is 25.3. The Kier molecular flexibility index (Phi) is 7.32. The van der Waals surface area contributed by atoms with Gasteiger partial charge in [0.1, 0.15) is 22.9 Å². The van der Waals surface area contributed by atoms with Crippen LogP contribution < -0.4 is 18.9 Å². The number of rotatable bonds is 9. The fraction of sp³-hybridized carbons (Fsp3) is 0.238. The zero-order valence-electron chi connectivity index (χ0n) is 18.8. The molecule has 0 radical (unpaired) electrons. The fourth-order valence-electron chi connectivity index (χ4n) is 3.32. The van der Waals surface area contributed by atoms with Crippen molar-refractivity contribution in [2.45, 2.75) is 12.7 Å². The average Bonchev–Trinajstić information content (AvgIpc) is 3.23. The number of nitrogens with one attached hydrogen (secondary N) is 1. The Hall–Kier alpha value is -3.82. The molecule has 0 aliphatic heterocycles. The Labute approximate surface area is 204 Å². The molecule has 1 unspecified atom stereocenters. The van der Waals surface area contributed by atoms with Crippen molar-refractivity contribution < 1.29 is 36.1 Å². The van der Waals surface area contributed by atoms with Crippen LogP contribution in [0.1, 0.15) is 5.69 Å². The molecule has 36 heavy (non-hydrogen) atoms. The van der Waals surface area contributed by atoms with Crippen LogP contribution >= 0.6 is 0 Å². The Morgan fingerprint density at radius 3 is 2.39 bits per heavy atom. The number of methoxy groups -OCH3 is 2. The van der Waals surface area contributed by atoms with Crippen molar-refractivity contribution in [3.8, 4) is 34.6 Å². The van der Waals surface area contributed by atoms with Crippen LogP contribution in [0.5, 0.6) is 17.4 Å². The monoisotopic (exact) mass is 523 g/mol. The van der Waals surface area contributed by atoms with Gasteiger partial charge in [-0.15, -0.1) is 0 Å². The van der Waals surface area contributed by atoms with Crippen LogP contribution in [0.15, 0.2) is 42.6 Å². The molecule has 0 bridgehead atoms. The highest BCUT2D eigenvalue weighted by Gasteiger charge is 2.29. The minimum atomic E-state index is -4.54. The lowest BCUT2D eigenvalue weighted by Gasteiger charge is -2.16. The van der Waals surface area contributed by atoms with Crippen LogP contribution in [-0.2, 0) is 17.8 Å². The van der Waals surface area contributed by atoms with Gasteiger partial charge >= 0.3 is 6.18 Å². The SMILES string of the molecule is COc1cccc(OC)c1-n1c(-c2cccc(OCC(F)(F)F)n2)nc2ncc(CNS(=O)[O-])nc21. The fourth-order valence-corrected chi connectivity index (χ4v) is 3.58. The Morgan fingerprint density at radius 1 is 1.06 bits per heavy atom. The van der Waals surface area contributed by atoms with Crippen LogP contribution in [-0.4, -0.2) is 60.3 Å². The van der Waals surface area contributed by atoms with E-state index in [9.17, 15) is 21.9 Å². The first-order valence-electron chi connectivity index (χ1n) is 10.2. The second kappa shape index (κ2) is 10.4. The number of hydrogen-bond donors (Lipinski definition) is 1. The van der Waals surface area contributed by atoms with Gasteiger partial charge in [0.05, 0.1) is 32.7 Å². The molecule has 1 N–H and O–H groups in total. The molecular formula is C21H18F3N6O5S-. The minimum absolute atomic E-state index is 0.137. The van der Waals surface area contributed by atoms with Crippen LogP contribution in [0.3, 0.4) is 0 Å². The molecule has 1 atom stereocenters. The number of nitrogens with zero attached hydrogens (tertiary/aromatic N) is 5. The second-order valence-corrected chi connectivity index (χ2v) is 7.87. The summed E-state index contributed by atoms with van der Waals surface area (Å²) in [6.45, 7) is -1.65. The van der Waals surface area contributed by atoms with E-state index < -0.39 is 24.0 Å². The summed E-state index contributed by atoms with van der Waals surface area (Å²) in [4.78, 5) is 17.4. The lowest BCUT2D eigenvalue weighted by molar-refractivity contribution is -0.154. The Balaban J connectivity index is 1.94. The third kappa shape index (κ3) is 5.53. The van der Waals surface area contributed by atoms with Gasteiger partial charge in [-0.2, -0.15) is 13.2 Å². The molecule has 3 heterocycles. The highest BCUT2D eigenvalue weighted by Crippen LogP contribution is 2.37. The summed E-state index contributed by atoms with van der Waals surface area (Å²) in [5, 5.41) is 0. The molecule has 0 amide bonds. The summed E-state index contributed by atoms with van der Waals surface area (Å²) in [6, 6.07) is 9.33. The number of hydrogen-bond acceptors (Lipinski definition) is 9.